The molecule has 0 aliphatic heterocycles. The zero-order valence-corrected chi connectivity index (χ0v) is 16.0. The Morgan fingerprint density at radius 3 is 2.48 bits per heavy atom. The van der Waals surface area contributed by atoms with Crippen LogP contribution in [-0.2, 0) is 11.2 Å². The third-order valence-corrected chi connectivity index (χ3v) is 4.39. The first-order valence-corrected chi connectivity index (χ1v) is 8.98. The van der Waals surface area contributed by atoms with Crippen LogP contribution in [0, 0.1) is 11.6 Å². The van der Waals surface area contributed by atoms with Crippen molar-refractivity contribution >= 4 is 35.0 Å². The lowest BCUT2D eigenvalue weighted by atomic mass is 10.1. The maximum Gasteiger partial charge on any atom is 0.253 e. The van der Waals surface area contributed by atoms with Crippen LogP contribution in [0.3, 0.4) is 0 Å². The first-order valence-electron chi connectivity index (χ1n) is 8.23. The van der Waals surface area contributed by atoms with Gasteiger partial charge in [0.25, 0.3) is 5.91 Å². The molecule has 4 nitrogen and oxygen atoms in total. The molecule has 8 heteroatoms. The van der Waals surface area contributed by atoms with Gasteiger partial charge in [0.15, 0.2) is 11.6 Å². The highest BCUT2D eigenvalue weighted by molar-refractivity contribution is 6.36. The minimum Gasteiger partial charge on any atom is -0.352 e. The van der Waals surface area contributed by atoms with Gasteiger partial charge < -0.3 is 10.6 Å². The molecule has 2 aromatic carbocycles. The summed E-state index contributed by atoms with van der Waals surface area (Å²) in [6.07, 6.45) is 1.01. The normalized spacial score (nSPS) is 11.7. The number of aryl methyl sites for hydroxylation is 1. The molecule has 0 spiro atoms. The number of hydrogen-bond acceptors (Lipinski definition) is 2. The van der Waals surface area contributed by atoms with Crippen LogP contribution < -0.4 is 10.6 Å². The monoisotopic (exact) mass is 414 g/mol. The first-order chi connectivity index (χ1) is 12.8. The molecular weight excluding hydrogens is 397 g/mol. The third kappa shape index (κ3) is 6.48. The SMILES string of the molecule is CC(CCc1ccc(F)c(F)c1)NC(=O)CNC(=O)c1ccc(Cl)cc1Cl. The molecule has 27 heavy (non-hydrogen) atoms. The number of benzene rings is 2. The topological polar surface area (TPSA) is 58.2 Å². The van der Waals surface area contributed by atoms with Crippen LogP contribution in [-0.4, -0.2) is 24.4 Å². The number of rotatable bonds is 7. The second kappa shape index (κ2) is 9.67. The van der Waals surface area contributed by atoms with Gasteiger partial charge in [-0.05, 0) is 55.7 Å². The van der Waals surface area contributed by atoms with Crippen LogP contribution in [0.5, 0.6) is 0 Å². The zero-order chi connectivity index (χ0) is 20.0. The van der Waals surface area contributed by atoms with Gasteiger partial charge >= 0.3 is 0 Å². The van der Waals surface area contributed by atoms with Crippen molar-refractivity contribution in [3.05, 3.63) is 69.2 Å². The molecule has 0 saturated carbocycles. The smallest absolute Gasteiger partial charge is 0.253 e. The molecule has 1 unspecified atom stereocenters. The predicted octanol–water partition coefficient (Wildman–Crippen LogP) is 4.14. The number of carbonyl (C=O) groups excluding carboxylic acids is 2. The maximum absolute atomic E-state index is 13.2. The summed E-state index contributed by atoms with van der Waals surface area (Å²) < 4.78 is 26.1. The third-order valence-electron chi connectivity index (χ3n) is 3.84. The molecule has 0 saturated heterocycles. The number of carbonyl (C=O) groups is 2. The van der Waals surface area contributed by atoms with E-state index in [9.17, 15) is 18.4 Å². The Bertz CT molecular complexity index is 846. The number of amides is 2. The number of hydrogen-bond donors (Lipinski definition) is 2. The van der Waals surface area contributed by atoms with Crippen molar-refractivity contribution in [2.24, 2.45) is 0 Å². The Kier molecular flexibility index (Phi) is 7.56. The summed E-state index contributed by atoms with van der Waals surface area (Å²) >= 11 is 11.7. The van der Waals surface area contributed by atoms with Crippen molar-refractivity contribution in [3.8, 4) is 0 Å². The molecule has 0 bridgehead atoms. The van der Waals surface area contributed by atoms with E-state index in [2.05, 4.69) is 10.6 Å². The summed E-state index contributed by atoms with van der Waals surface area (Å²) in [7, 11) is 0. The van der Waals surface area contributed by atoms with Crippen molar-refractivity contribution in [1.29, 1.82) is 0 Å². The van der Waals surface area contributed by atoms with E-state index in [1.807, 2.05) is 0 Å². The van der Waals surface area contributed by atoms with E-state index >= 15 is 0 Å². The van der Waals surface area contributed by atoms with Gasteiger partial charge in [-0.25, -0.2) is 8.78 Å². The molecular formula is C19H18Cl2F2N2O2. The van der Waals surface area contributed by atoms with E-state index in [-0.39, 0.29) is 29.1 Å². The van der Waals surface area contributed by atoms with Gasteiger partial charge in [-0.1, -0.05) is 29.3 Å². The highest BCUT2D eigenvalue weighted by Gasteiger charge is 2.13. The van der Waals surface area contributed by atoms with E-state index in [0.29, 0.717) is 23.4 Å². The van der Waals surface area contributed by atoms with E-state index in [1.54, 1.807) is 6.92 Å². The highest BCUT2D eigenvalue weighted by atomic mass is 35.5. The van der Waals surface area contributed by atoms with Gasteiger partial charge in [0.05, 0.1) is 17.1 Å². The molecule has 0 aliphatic carbocycles. The quantitative estimate of drug-likeness (QED) is 0.714. The van der Waals surface area contributed by atoms with E-state index in [0.717, 1.165) is 12.1 Å². The molecule has 0 heterocycles. The van der Waals surface area contributed by atoms with Crippen LogP contribution >= 0.6 is 23.2 Å². The lowest BCUT2D eigenvalue weighted by Crippen LogP contribution is -2.41. The van der Waals surface area contributed by atoms with Crippen LogP contribution in [0.15, 0.2) is 36.4 Å². The summed E-state index contributed by atoms with van der Waals surface area (Å²) in [5, 5.41) is 5.81. The summed E-state index contributed by atoms with van der Waals surface area (Å²) in [6.45, 7) is 1.57. The molecule has 2 aromatic rings. The van der Waals surface area contributed by atoms with Gasteiger partial charge in [0.2, 0.25) is 5.91 Å². The van der Waals surface area contributed by atoms with Gasteiger partial charge in [-0.15, -0.1) is 0 Å². The van der Waals surface area contributed by atoms with Crippen molar-refractivity contribution in [3.63, 3.8) is 0 Å². The molecule has 0 fully saturated rings. The Labute approximate surface area is 165 Å². The van der Waals surface area contributed by atoms with Crippen LogP contribution in [0.1, 0.15) is 29.3 Å². The van der Waals surface area contributed by atoms with Crippen LogP contribution in [0.4, 0.5) is 8.78 Å². The Balaban J connectivity index is 1.77. The Hall–Kier alpha value is -2.18. The van der Waals surface area contributed by atoms with Crippen molar-refractivity contribution in [2.45, 2.75) is 25.8 Å². The van der Waals surface area contributed by atoms with Crippen molar-refractivity contribution in [1.82, 2.24) is 10.6 Å². The molecule has 1 atom stereocenters. The maximum atomic E-state index is 13.2. The standard InChI is InChI=1S/C19H18Cl2F2N2O2/c1-11(2-3-12-4-7-16(22)17(23)8-12)25-18(26)10-24-19(27)14-6-5-13(20)9-15(14)21/h4-9,11H,2-3,10H2,1H3,(H,24,27)(H,25,26). The highest BCUT2D eigenvalue weighted by Crippen LogP contribution is 2.20. The average molecular weight is 415 g/mol. The van der Waals surface area contributed by atoms with Crippen molar-refractivity contribution < 1.29 is 18.4 Å². The second-order valence-corrected chi connectivity index (χ2v) is 6.91. The predicted molar refractivity (Wildman–Crippen MR) is 101 cm³/mol. The van der Waals surface area contributed by atoms with E-state index in [4.69, 9.17) is 23.2 Å². The largest absolute Gasteiger partial charge is 0.352 e. The van der Waals surface area contributed by atoms with Gasteiger partial charge in [-0.2, -0.15) is 0 Å². The van der Waals surface area contributed by atoms with Gasteiger partial charge in [0.1, 0.15) is 0 Å². The van der Waals surface area contributed by atoms with Crippen molar-refractivity contribution in [2.75, 3.05) is 6.54 Å². The molecule has 0 radical (unpaired) electrons. The average Bonchev–Trinajstić information content (AvgIpc) is 2.60. The summed E-state index contributed by atoms with van der Waals surface area (Å²) in [5.74, 6) is -2.64. The lowest BCUT2D eigenvalue weighted by molar-refractivity contribution is -0.120. The molecule has 2 amide bonds. The Morgan fingerprint density at radius 2 is 1.81 bits per heavy atom. The van der Waals surface area contributed by atoms with E-state index in [1.165, 1.54) is 24.3 Å². The minimum absolute atomic E-state index is 0.195. The second-order valence-electron chi connectivity index (χ2n) is 6.06. The molecule has 2 rings (SSSR count). The summed E-state index contributed by atoms with van der Waals surface area (Å²) in [6, 6.07) is 7.96. The lowest BCUT2D eigenvalue weighted by Gasteiger charge is -2.14. The van der Waals surface area contributed by atoms with E-state index < -0.39 is 17.5 Å². The number of nitrogens with one attached hydrogen (secondary N) is 2. The summed E-state index contributed by atoms with van der Waals surface area (Å²) in [5.41, 5.74) is 0.862. The fourth-order valence-electron chi connectivity index (χ4n) is 2.41. The van der Waals surface area contributed by atoms with Gasteiger partial charge in [0, 0.05) is 11.1 Å². The molecule has 2 N–H and O–H groups in total. The van der Waals surface area contributed by atoms with Gasteiger partial charge in [-0.3, -0.25) is 9.59 Å². The molecule has 144 valence electrons. The first kappa shape index (κ1) is 21.1. The molecule has 0 aromatic heterocycles. The Morgan fingerprint density at radius 1 is 1.07 bits per heavy atom. The summed E-state index contributed by atoms with van der Waals surface area (Å²) in [4.78, 5) is 24.0. The van der Waals surface area contributed by atoms with Crippen LogP contribution in [0.2, 0.25) is 10.0 Å². The number of halogens is 4. The fraction of sp³-hybridized carbons (Fsp3) is 0.263. The fourth-order valence-corrected chi connectivity index (χ4v) is 2.90. The molecule has 0 aliphatic rings. The minimum atomic E-state index is -0.896. The zero-order valence-electron chi connectivity index (χ0n) is 14.5. The van der Waals surface area contributed by atoms with Crippen LogP contribution in [0.25, 0.3) is 0 Å².